The summed E-state index contributed by atoms with van der Waals surface area (Å²) in [4.78, 5) is 4.30. The van der Waals surface area contributed by atoms with Gasteiger partial charge < -0.3 is 15.8 Å². The molecule has 0 spiro atoms. The van der Waals surface area contributed by atoms with Gasteiger partial charge in [0, 0.05) is 18.4 Å². The summed E-state index contributed by atoms with van der Waals surface area (Å²) in [6.07, 6.45) is 2.73. The van der Waals surface area contributed by atoms with E-state index in [0.29, 0.717) is 13.2 Å². The van der Waals surface area contributed by atoms with E-state index in [2.05, 4.69) is 17.2 Å². The van der Waals surface area contributed by atoms with Crippen LogP contribution in [0, 0.1) is 0 Å². The summed E-state index contributed by atoms with van der Waals surface area (Å²) in [5, 5.41) is 3.27. The van der Waals surface area contributed by atoms with Crippen molar-refractivity contribution in [3.05, 3.63) is 48.2 Å². The minimum absolute atomic E-state index is 0.671. The molecule has 0 radical (unpaired) electrons. The van der Waals surface area contributed by atoms with Gasteiger partial charge in [-0.25, -0.2) is 4.98 Å². The SMILES string of the molecule is CCCOc1cccnc1NCc1cccc(N)c1. The first kappa shape index (κ1) is 13.2. The number of benzene rings is 1. The molecule has 19 heavy (non-hydrogen) atoms. The van der Waals surface area contributed by atoms with Crippen LogP contribution in [-0.4, -0.2) is 11.6 Å². The summed E-state index contributed by atoms with van der Waals surface area (Å²) < 4.78 is 5.65. The normalized spacial score (nSPS) is 10.2. The number of rotatable bonds is 6. The molecule has 0 amide bonds. The van der Waals surface area contributed by atoms with E-state index in [-0.39, 0.29) is 0 Å². The molecule has 2 rings (SSSR count). The molecule has 4 nitrogen and oxygen atoms in total. The summed E-state index contributed by atoms with van der Waals surface area (Å²) in [6, 6.07) is 11.6. The molecule has 0 saturated carbocycles. The van der Waals surface area contributed by atoms with Gasteiger partial charge in [0.15, 0.2) is 11.6 Å². The number of nitrogen functional groups attached to an aromatic ring is 1. The van der Waals surface area contributed by atoms with Crippen molar-refractivity contribution in [2.75, 3.05) is 17.7 Å². The Balaban J connectivity index is 2.02. The quantitative estimate of drug-likeness (QED) is 0.781. The molecule has 0 aliphatic carbocycles. The lowest BCUT2D eigenvalue weighted by atomic mass is 10.2. The topological polar surface area (TPSA) is 60.2 Å². The molecule has 0 atom stereocenters. The third-order valence-electron chi connectivity index (χ3n) is 2.64. The zero-order valence-electron chi connectivity index (χ0n) is 11.1. The van der Waals surface area contributed by atoms with Crippen LogP contribution in [0.15, 0.2) is 42.6 Å². The summed E-state index contributed by atoms with van der Waals surface area (Å²) in [5.74, 6) is 1.55. The number of anilines is 2. The fraction of sp³-hybridized carbons (Fsp3) is 0.267. The van der Waals surface area contributed by atoms with Gasteiger partial charge in [-0.1, -0.05) is 19.1 Å². The number of aromatic nitrogens is 1. The van der Waals surface area contributed by atoms with E-state index in [1.54, 1.807) is 6.20 Å². The Morgan fingerprint density at radius 1 is 1.26 bits per heavy atom. The van der Waals surface area contributed by atoms with Crippen LogP contribution in [0.25, 0.3) is 0 Å². The molecule has 4 heteroatoms. The highest BCUT2D eigenvalue weighted by Crippen LogP contribution is 2.21. The number of hydrogen-bond acceptors (Lipinski definition) is 4. The lowest BCUT2D eigenvalue weighted by molar-refractivity contribution is 0.318. The van der Waals surface area contributed by atoms with Gasteiger partial charge in [-0.15, -0.1) is 0 Å². The van der Waals surface area contributed by atoms with E-state index in [1.165, 1.54) is 0 Å². The van der Waals surface area contributed by atoms with Crippen LogP contribution in [0.2, 0.25) is 0 Å². The van der Waals surface area contributed by atoms with Gasteiger partial charge in [0.2, 0.25) is 0 Å². The highest BCUT2D eigenvalue weighted by atomic mass is 16.5. The molecule has 3 N–H and O–H groups in total. The van der Waals surface area contributed by atoms with E-state index in [0.717, 1.165) is 29.2 Å². The molecule has 0 saturated heterocycles. The van der Waals surface area contributed by atoms with Gasteiger partial charge in [-0.3, -0.25) is 0 Å². The highest BCUT2D eigenvalue weighted by molar-refractivity contribution is 5.50. The molecule has 100 valence electrons. The molecular weight excluding hydrogens is 238 g/mol. The third-order valence-corrected chi connectivity index (χ3v) is 2.64. The van der Waals surface area contributed by atoms with Crippen LogP contribution in [-0.2, 0) is 6.54 Å². The number of nitrogens with one attached hydrogen (secondary N) is 1. The lowest BCUT2D eigenvalue weighted by Crippen LogP contribution is -2.05. The first-order chi connectivity index (χ1) is 9.29. The fourth-order valence-electron chi connectivity index (χ4n) is 1.74. The first-order valence-corrected chi connectivity index (χ1v) is 6.45. The van der Waals surface area contributed by atoms with E-state index >= 15 is 0 Å². The van der Waals surface area contributed by atoms with Crippen molar-refractivity contribution in [2.24, 2.45) is 0 Å². The van der Waals surface area contributed by atoms with Crippen molar-refractivity contribution in [3.8, 4) is 5.75 Å². The third kappa shape index (κ3) is 3.88. The Kier molecular flexibility index (Phi) is 4.61. The number of ether oxygens (including phenoxy) is 1. The maximum atomic E-state index is 5.76. The molecule has 0 aliphatic rings. The molecule has 0 aliphatic heterocycles. The number of pyridine rings is 1. The molecule has 0 bridgehead atoms. The molecule has 1 heterocycles. The van der Waals surface area contributed by atoms with E-state index in [9.17, 15) is 0 Å². The van der Waals surface area contributed by atoms with Gasteiger partial charge in [-0.2, -0.15) is 0 Å². The van der Waals surface area contributed by atoms with E-state index < -0.39 is 0 Å². The van der Waals surface area contributed by atoms with Crippen molar-refractivity contribution < 1.29 is 4.74 Å². The van der Waals surface area contributed by atoms with Crippen LogP contribution in [0.1, 0.15) is 18.9 Å². The second-order valence-corrected chi connectivity index (χ2v) is 4.30. The Morgan fingerprint density at radius 2 is 2.16 bits per heavy atom. The lowest BCUT2D eigenvalue weighted by Gasteiger charge is -2.11. The van der Waals surface area contributed by atoms with Gasteiger partial charge in [0.05, 0.1) is 6.61 Å². The largest absolute Gasteiger partial charge is 0.490 e. The highest BCUT2D eigenvalue weighted by Gasteiger charge is 2.03. The Bertz CT molecular complexity index is 528. The number of nitrogens with zero attached hydrogens (tertiary/aromatic N) is 1. The Hall–Kier alpha value is -2.23. The molecular formula is C15H19N3O. The van der Waals surface area contributed by atoms with Gasteiger partial charge in [0.25, 0.3) is 0 Å². The predicted octanol–water partition coefficient (Wildman–Crippen LogP) is 3.06. The van der Waals surface area contributed by atoms with Crippen LogP contribution < -0.4 is 15.8 Å². The van der Waals surface area contributed by atoms with Crippen LogP contribution in [0.3, 0.4) is 0 Å². The van der Waals surface area contributed by atoms with Crippen molar-refractivity contribution in [3.63, 3.8) is 0 Å². The number of hydrogen-bond donors (Lipinski definition) is 2. The Morgan fingerprint density at radius 3 is 2.95 bits per heavy atom. The van der Waals surface area contributed by atoms with Gasteiger partial charge in [-0.05, 0) is 36.2 Å². The summed E-state index contributed by atoms with van der Waals surface area (Å²) >= 11 is 0. The number of nitrogens with two attached hydrogens (primary N) is 1. The minimum Gasteiger partial charge on any atom is -0.490 e. The van der Waals surface area contributed by atoms with Crippen LogP contribution in [0.5, 0.6) is 5.75 Å². The van der Waals surface area contributed by atoms with Crippen LogP contribution >= 0.6 is 0 Å². The summed E-state index contributed by atoms with van der Waals surface area (Å²) in [7, 11) is 0. The molecule has 0 fully saturated rings. The Labute approximate surface area is 113 Å². The standard InChI is InChI=1S/C15H19N3O/c1-2-9-19-14-7-4-8-17-15(14)18-11-12-5-3-6-13(16)10-12/h3-8,10H,2,9,11,16H2,1H3,(H,17,18). The maximum Gasteiger partial charge on any atom is 0.169 e. The fourth-order valence-corrected chi connectivity index (χ4v) is 1.74. The van der Waals surface area contributed by atoms with Crippen molar-refractivity contribution in [2.45, 2.75) is 19.9 Å². The first-order valence-electron chi connectivity index (χ1n) is 6.45. The van der Waals surface area contributed by atoms with Crippen molar-refractivity contribution in [1.29, 1.82) is 0 Å². The average molecular weight is 257 g/mol. The van der Waals surface area contributed by atoms with Crippen molar-refractivity contribution in [1.82, 2.24) is 4.98 Å². The van der Waals surface area contributed by atoms with Gasteiger partial charge >= 0.3 is 0 Å². The van der Waals surface area contributed by atoms with E-state index in [1.807, 2.05) is 36.4 Å². The molecule has 0 unspecified atom stereocenters. The molecule has 2 aromatic rings. The second-order valence-electron chi connectivity index (χ2n) is 4.30. The predicted molar refractivity (Wildman–Crippen MR) is 78.2 cm³/mol. The second kappa shape index (κ2) is 6.64. The summed E-state index contributed by atoms with van der Waals surface area (Å²) in [6.45, 7) is 3.44. The molecule has 1 aromatic heterocycles. The monoisotopic (exact) mass is 257 g/mol. The van der Waals surface area contributed by atoms with Crippen molar-refractivity contribution >= 4 is 11.5 Å². The smallest absolute Gasteiger partial charge is 0.169 e. The maximum absolute atomic E-state index is 5.76. The zero-order valence-corrected chi connectivity index (χ0v) is 11.1. The molecule has 1 aromatic carbocycles. The van der Waals surface area contributed by atoms with E-state index in [4.69, 9.17) is 10.5 Å². The van der Waals surface area contributed by atoms with Gasteiger partial charge in [0.1, 0.15) is 0 Å². The van der Waals surface area contributed by atoms with Crippen LogP contribution in [0.4, 0.5) is 11.5 Å². The average Bonchev–Trinajstić information content (AvgIpc) is 2.44. The summed E-state index contributed by atoms with van der Waals surface area (Å²) in [5.41, 5.74) is 7.64. The zero-order chi connectivity index (χ0) is 13.5. The minimum atomic E-state index is 0.671.